The van der Waals surface area contributed by atoms with Gasteiger partial charge in [-0.05, 0) is 18.2 Å². The lowest BCUT2D eigenvalue weighted by molar-refractivity contribution is -0.147. The molecular weight excluding hydrogens is 268 g/mol. The van der Waals surface area contributed by atoms with E-state index in [4.69, 9.17) is 20.5 Å². The van der Waals surface area contributed by atoms with E-state index in [0.717, 1.165) is 0 Å². The second-order valence-corrected chi connectivity index (χ2v) is 4.26. The fourth-order valence-electron chi connectivity index (χ4n) is 1.70. The van der Waals surface area contributed by atoms with Gasteiger partial charge in [-0.25, -0.2) is 4.79 Å². The Morgan fingerprint density at radius 1 is 1.14 bits per heavy atom. The molecule has 0 bridgehead atoms. The molecule has 5 heteroatoms. The third-order valence-corrected chi connectivity index (χ3v) is 2.79. The van der Waals surface area contributed by atoms with Gasteiger partial charge < -0.3 is 15.2 Å². The first-order valence-electron chi connectivity index (χ1n) is 6.31. The van der Waals surface area contributed by atoms with Gasteiger partial charge in [-0.1, -0.05) is 30.3 Å². The molecule has 0 aromatic heterocycles. The SMILES string of the molecule is N#Cc1ccccc1COC(=O)COc1ccccc1N. The van der Waals surface area contributed by atoms with Crippen LogP contribution in [0.1, 0.15) is 11.1 Å². The van der Waals surface area contributed by atoms with Crippen molar-refractivity contribution in [1.29, 1.82) is 5.26 Å². The van der Waals surface area contributed by atoms with E-state index in [9.17, 15) is 4.79 Å². The predicted octanol–water partition coefficient (Wildman–Crippen LogP) is 2.26. The number of carbonyl (C=O) groups excluding carboxylic acids is 1. The molecule has 0 saturated carbocycles. The largest absolute Gasteiger partial charge is 0.480 e. The van der Waals surface area contributed by atoms with Gasteiger partial charge in [0.05, 0.1) is 17.3 Å². The number of nitrogen functional groups attached to an aromatic ring is 1. The van der Waals surface area contributed by atoms with E-state index in [1.54, 1.807) is 48.5 Å². The van der Waals surface area contributed by atoms with Crippen LogP contribution in [-0.2, 0) is 16.1 Å². The molecule has 106 valence electrons. The third kappa shape index (κ3) is 3.98. The van der Waals surface area contributed by atoms with Crippen LogP contribution in [0.3, 0.4) is 0 Å². The number of nitriles is 1. The van der Waals surface area contributed by atoms with Crippen molar-refractivity contribution in [2.75, 3.05) is 12.3 Å². The number of hydrogen-bond donors (Lipinski definition) is 1. The zero-order chi connectivity index (χ0) is 15.1. The van der Waals surface area contributed by atoms with Crippen molar-refractivity contribution in [2.45, 2.75) is 6.61 Å². The fraction of sp³-hybridized carbons (Fsp3) is 0.125. The topological polar surface area (TPSA) is 85.3 Å². The summed E-state index contributed by atoms with van der Waals surface area (Å²) in [5.74, 6) is -0.0853. The van der Waals surface area contributed by atoms with E-state index in [1.165, 1.54) is 0 Å². The highest BCUT2D eigenvalue weighted by molar-refractivity contribution is 5.71. The maximum Gasteiger partial charge on any atom is 0.344 e. The fourth-order valence-corrected chi connectivity index (χ4v) is 1.70. The summed E-state index contributed by atoms with van der Waals surface area (Å²) in [7, 11) is 0. The number of ether oxygens (including phenoxy) is 2. The molecule has 0 aliphatic carbocycles. The Kier molecular flexibility index (Phi) is 4.78. The van der Waals surface area contributed by atoms with Gasteiger partial charge in [-0.15, -0.1) is 0 Å². The van der Waals surface area contributed by atoms with E-state index < -0.39 is 5.97 Å². The van der Waals surface area contributed by atoms with Crippen molar-refractivity contribution in [3.8, 4) is 11.8 Å². The Morgan fingerprint density at radius 2 is 1.86 bits per heavy atom. The molecule has 0 radical (unpaired) electrons. The van der Waals surface area contributed by atoms with E-state index in [0.29, 0.717) is 22.6 Å². The van der Waals surface area contributed by atoms with E-state index in [2.05, 4.69) is 0 Å². The van der Waals surface area contributed by atoms with Gasteiger partial charge in [0.2, 0.25) is 0 Å². The second kappa shape index (κ2) is 6.96. The van der Waals surface area contributed by atoms with E-state index in [1.807, 2.05) is 6.07 Å². The Hall–Kier alpha value is -3.00. The number of hydrogen-bond acceptors (Lipinski definition) is 5. The number of rotatable bonds is 5. The van der Waals surface area contributed by atoms with Crippen LogP contribution in [0.25, 0.3) is 0 Å². The summed E-state index contributed by atoms with van der Waals surface area (Å²) < 4.78 is 10.4. The molecule has 2 rings (SSSR count). The van der Waals surface area contributed by atoms with Crippen molar-refractivity contribution >= 4 is 11.7 Å². The Labute approximate surface area is 122 Å². The number of carbonyl (C=O) groups is 1. The monoisotopic (exact) mass is 282 g/mol. The number of anilines is 1. The molecule has 0 atom stereocenters. The van der Waals surface area contributed by atoms with Gasteiger partial charge in [-0.2, -0.15) is 5.26 Å². The average Bonchev–Trinajstić information content (AvgIpc) is 2.52. The molecule has 0 saturated heterocycles. The minimum absolute atomic E-state index is 0.0379. The van der Waals surface area contributed by atoms with E-state index in [-0.39, 0.29) is 13.2 Å². The summed E-state index contributed by atoms with van der Waals surface area (Å²) >= 11 is 0. The lowest BCUT2D eigenvalue weighted by Gasteiger charge is -2.09. The minimum atomic E-state index is -0.522. The van der Waals surface area contributed by atoms with Crippen molar-refractivity contribution in [2.24, 2.45) is 0 Å². The smallest absolute Gasteiger partial charge is 0.344 e. The highest BCUT2D eigenvalue weighted by Crippen LogP contribution is 2.19. The van der Waals surface area contributed by atoms with Gasteiger partial charge in [0.15, 0.2) is 6.61 Å². The molecule has 2 aromatic carbocycles. The maximum absolute atomic E-state index is 11.6. The highest BCUT2D eigenvalue weighted by Gasteiger charge is 2.08. The van der Waals surface area contributed by atoms with Crippen molar-refractivity contribution in [3.63, 3.8) is 0 Å². The molecule has 2 N–H and O–H groups in total. The van der Waals surface area contributed by atoms with Crippen LogP contribution in [0.2, 0.25) is 0 Å². The Bertz CT molecular complexity index is 677. The first-order chi connectivity index (χ1) is 10.2. The average molecular weight is 282 g/mol. The van der Waals surface area contributed by atoms with Crippen LogP contribution in [0, 0.1) is 11.3 Å². The van der Waals surface area contributed by atoms with Crippen LogP contribution in [0.15, 0.2) is 48.5 Å². The van der Waals surface area contributed by atoms with Gasteiger partial charge in [0.1, 0.15) is 12.4 Å². The van der Waals surface area contributed by atoms with Crippen molar-refractivity contribution < 1.29 is 14.3 Å². The molecule has 0 heterocycles. The molecular formula is C16H14N2O3. The number of benzene rings is 2. The van der Waals surface area contributed by atoms with Gasteiger partial charge >= 0.3 is 5.97 Å². The number of nitrogens with two attached hydrogens (primary N) is 1. The van der Waals surface area contributed by atoms with Crippen molar-refractivity contribution in [3.05, 3.63) is 59.7 Å². The minimum Gasteiger partial charge on any atom is -0.480 e. The summed E-state index contributed by atoms with van der Waals surface area (Å²) in [6, 6.07) is 15.9. The highest BCUT2D eigenvalue weighted by atomic mass is 16.6. The molecule has 0 spiro atoms. The number of para-hydroxylation sites is 2. The summed E-state index contributed by atoms with van der Waals surface area (Å²) in [6.07, 6.45) is 0. The van der Waals surface area contributed by atoms with Crippen LogP contribution in [-0.4, -0.2) is 12.6 Å². The van der Waals surface area contributed by atoms with Crippen LogP contribution in [0.4, 0.5) is 5.69 Å². The molecule has 21 heavy (non-hydrogen) atoms. The first-order valence-corrected chi connectivity index (χ1v) is 6.31. The molecule has 0 aliphatic heterocycles. The molecule has 0 aliphatic rings. The van der Waals surface area contributed by atoms with Crippen molar-refractivity contribution in [1.82, 2.24) is 0 Å². The third-order valence-electron chi connectivity index (χ3n) is 2.79. The summed E-state index contributed by atoms with van der Waals surface area (Å²) in [5.41, 5.74) is 7.30. The standard InChI is InChI=1S/C16H14N2O3/c17-9-12-5-1-2-6-13(12)10-21-16(19)11-20-15-8-4-3-7-14(15)18/h1-8H,10-11,18H2. The summed E-state index contributed by atoms with van der Waals surface area (Å²) in [5, 5.41) is 8.94. The summed E-state index contributed by atoms with van der Waals surface area (Å²) in [4.78, 5) is 11.6. The zero-order valence-electron chi connectivity index (χ0n) is 11.3. The molecule has 0 fully saturated rings. The van der Waals surface area contributed by atoms with Crippen LogP contribution in [0.5, 0.6) is 5.75 Å². The summed E-state index contributed by atoms with van der Waals surface area (Å²) in [6.45, 7) is -0.195. The molecule has 0 amide bonds. The van der Waals surface area contributed by atoms with Crippen LogP contribution >= 0.6 is 0 Å². The maximum atomic E-state index is 11.6. The van der Waals surface area contributed by atoms with Gasteiger partial charge in [-0.3, -0.25) is 0 Å². The first kappa shape index (κ1) is 14.4. The number of nitrogens with zero attached hydrogens (tertiary/aromatic N) is 1. The molecule has 2 aromatic rings. The van der Waals surface area contributed by atoms with Crippen LogP contribution < -0.4 is 10.5 Å². The van der Waals surface area contributed by atoms with Gasteiger partial charge in [0.25, 0.3) is 0 Å². The quantitative estimate of drug-likeness (QED) is 0.671. The van der Waals surface area contributed by atoms with Gasteiger partial charge in [0, 0.05) is 5.56 Å². The lowest BCUT2D eigenvalue weighted by Crippen LogP contribution is -2.15. The normalized spacial score (nSPS) is 9.67. The van der Waals surface area contributed by atoms with E-state index >= 15 is 0 Å². The molecule has 0 unspecified atom stereocenters. The zero-order valence-corrected chi connectivity index (χ0v) is 11.3. The Morgan fingerprint density at radius 3 is 2.62 bits per heavy atom. The second-order valence-electron chi connectivity index (χ2n) is 4.26. The predicted molar refractivity (Wildman–Crippen MR) is 77.3 cm³/mol. The Balaban J connectivity index is 1.86. The lowest BCUT2D eigenvalue weighted by atomic mass is 10.1. The number of esters is 1. The molecule has 5 nitrogen and oxygen atoms in total.